The molecule has 0 atom stereocenters. The Morgan fingerprint density at radius 1 is 1.43 bits per heavy atom. The molecule has 0 saturated heterocycles. The van der Waals surface area contributed by atoms with E-state index in [0.717, 1.165) is 6.42 Å². The van der Waals surface area contributed by atoms with E-state index in [2.05, 4.69) is 20.9 Å². The van der Waals surface area contributed by atoms with Gasteiger partial charge in [0.1, 0.15) is 11.6 Å². The predicted molar refractivity (Wildman–Crippen MR) is 80.8 cm³/mol. The van der Waals surface area contributed by atoms with Crippen molar-refractivity contribution >= 4 is 26.0 Å². The lowest BCUT2D eigenvalue weighted by atomic mass is 10.2. The van der Waals surface area contributed by atoms with Gasteiger partial charge in [0.15, 0.2) is 5.03 Å². The van der Waals surface area contributed by atoms with Crippen molar-refractivity contribution in [2.75, 3.05) is 0 Å². The van der Waals surface area contributed by atoms with Gasteiger partial charge in [0.2, 0.25) is 0 Å². The van der Waals surface area contributed by atoms with E-state index in [1.54, 1.807) is 16.7 Å². The smallest absolute Gasteiger partial charge is 0.257 e. The number of rotatable bonds is 5. The van der Waals surface area contributed by atoms with Gasteiger partial charge < -0.3 is 4.57 Å². The summed E-state index contributed by atoms with van der Waals surface area (Å²) in [5, 5.41) is 4.90. The standard InChI is InChI=1S/C13H15BrFN3O2S/c1-2-3-12-17-13(21(16,19)20)8-18(12)7-9-4-5-10(14)6-11(9)15/h4-6,8H,2-3,7H2,1H3,(H2,16,19,20). The van der Waals surface area contributed by atoms with Crippen molar-refractivity contribution in [3.8, 4) is 0 Å². The molecule has 0 aliphatic carbocycles. The quantitative estimate of drug-likeness (QED) is 0.871. The summed E-state index contributed by atoms with van der Waals surface area (Å²) < 4.78 is 38.9. The molecular formula is C13H15BrFN3O2S. The van der Waals surface area contributed by atoms with E-state index in [4.69, 9.17) is 5.14 Å². The zero-order valence-electron chi connectivity index (χ0n) is 11.4. The third kappa shape index (κ3) is 3.90. The molecule has 0 aliphatic rings. The second-order valence-electron chi connectivity index (χ2n) is 4.65. The minimum atomic E-state index is -3.87. The molecule has 0 bridgehead atoms. The van der Waals surface area contributed by atoms with E-state index in [0.29, 0.717) is 22.3 Å². The van der Waals surface area contributed by atoms with Crippen LogP contribution in [0.2, 0.25) is 0 Å². The predicted octanol–water partition coefficient (Wildman–Crippen LogP) is 2.43. The summed E-state index contributed by atoms with van der Waals surface area (Å²) in [6.45, 7) is 2.16. The lowest BCUT2D eigenvalue weighted by Gasteiger charge is -2.08. The maximum atomic E-state index is 13.9. The number of primary sulfonamides is 1. The average molecular weight is 376 g/mol. The lowest BCUT2D eigenvalue weighted by molar-refractivity contribution is 0.592. The molecule has 0 unspecified atom stereocenters. The molecule has 0 amide bonds. The van der Waals surface area contributed by atoms with E-state index in [1.807, 2.05) is 6.92 Å². The van der Waals surface area contributed by atoms with Crippen LogP contribution in [0.25, 0.3) is 0 Å². The highest BCUT2D eigenvalue weighted by Gasteiger charge is 2.17. The number of benzene rings is 1. The van der Waals surface area contributed by atoms with Crippen molar-refractivity contribution in [2.45, 2.75) is 31.3 Å². The van der Waals surface area contributed by atoms with Crippen molar-refractivity contribution < 1.29 is 12.8 Å². The minimum Gasteiger partial charge on any atom is -0.329 e. The molecule has 0 saturated carbocycles. The second-order valence-corrected chi connectivity index (χ2v) is 7.08. The molecule has 1 aromatic carbocycles. The molecule has 2 aromatic rings. The van der Waals surface area contributed by atoms with Crippen LogP contribution < -0.4 is 5.14 Å². The van der Waals surface area contributed by atoms with Gasteiger partial charge in [-0.25, -0.2) is 22.9 Å². The summed E-state index contributed by atoms with van der Waals surface area (Å²) in [5.74, 6) is 0.210. The summed E-state index contributed by atoms with van der Waals surface area (Å²) in [5.41, 5.74) is 0.453. The molecule has 2 N–H and O–H groups in total. The molecule has 0 aliphatic heterocycles. The van der Waals surface area contributed by atoms with Crippen LogP contribution in [-0.4, -0.2) is 18.0 Å². The van der Waals surface area contributed by atoms with E-state index >= 15 is 0 Å². The van der Waals surface area contributed by atoms with Crippen molar-refractivity contribution in [1.29, 1.82) is 0 Å². The zero-order valence-corrected chi connectivity index (χ0v) is 13.8. The Labute approximate surface area is 131 Å². The number of halogens is 2. The third-order valence-electron chi connectivity index (χ3n) is 2.96. The topological polar surface area (TPSA) is 78.0 Å². The number of aryl methyl sites for hydroxylation is 1. The highest BCUT2D eigenvalue weighted by molar-refractivity contribution is 9.10. The first-order valence-electron chi connectivity index (χ1n) is 6.34. The SMILES string of the molecule is CCCc1nc(S(N)(=O)=O)cn1Cc1ccc(Br)cc1F. The third-order valence-corrected chi connectivity index (χ3v) is 4.23. The van der Waals surface area contributed by atoms with E-state index in [1.165, 1.54) is 12.3 Å². The fourth-order valence-electron chi connectivity index (χ4n) is 1.96. The van der Waals surface area contributed by atoms with Gasteiger partial charge in [-0.1, -0.05) is 28.9 Å². The molecule has 21 heavy (non-hydrogen) atoms. The Morgan fingerprint density at radius 2 is 2.14 bits per heavy atom. The van der Waals surface area contributed by atoms with Crippen LogP contribution in [0.4, 0.5) is 4.39 Å². The van der Waals surface area contributed by atoms with Crippen LogP contribution in [0.3, 0.4) is 0 Å². The number of hydrogen-bond acceptors (Lipinski definition) is 3. The van der Waals surface area contributed by atoms with Gasteiger partial charge in [0.25, 0.3) is 10.0 Å². The van der Waals surface area contributed by atoms with Crippen LogP contribution in [0, 0.1) is 5.82 Å². The maximum absolute atomic E-state index is 13.9. The summed E-state index contributed by atoms with van der Waals surface area (Å²) >= 11 is 3.20. The Bertz CT molecular complexity index is 759. The van der Waals surface area contributed by atoms with Crippen molar-refractivity contribution in [2.24, 2.45) is 5.14 Å². The van der Waals surface area contributed by atoms with Crippen LogP contribution in [0.15, 0.2) is 33.9 Å². The molecule has 0 spiro atoms. The summed E-state index contributed by atoms with van der Waals surface area (Å²) in [4.78, 5) is 4.03. The Balaban J connectivity index is 2.40. The normalized spacial score (nSPS) is 11.8. The first kappa shape index (κ1) is 16.1. The van der Waals surface area contributed by atoms with Gasteiger partial charge in [-0.15, -0.1) is 0 Å². The van der Waals surface area contributed by atoms with Gasteiger partial charge >= 0.3 is 0 Å². The highest BCUT2D eigenvalue weighted by atomic mass is 79.9. The molecule has 8 heteroatoms. The first-order chi connectivity index (χ1) is 9.81. The molecule has 1 heterocycles. The van der Waals surface area contributed by atoms with Crippen LogP contribution in [-0.2, 0) is 23.0 Å². The lowest BCUT2D eigenvalue weighted by Crippen LogP contribution is -2.12. The van der Waals surface area contributed by atoms with E-state index < -0.39 is 10.0 Å². The Morgan fingerprint density at radius 3 is 2.71 bits per heavy atom. The number of imidazole rings is 1. The van der Waals surface area contributed by atoms with E-state index in [9.17, 15) is 12.8 Å². The van der Waals surface area contributed by atoms with E-state index in [-0.39, 0.29) is 17.4 Å². The molecule has 2 rings (SSSR count). The highest BCUT2D eigenvalue weighted by Crippen LogP contribution is 2.18. The van der Waals surface area contributed by atoms with Crippen molar-refractivity contribution in [3.63, 3.8) is 0 Å². The number of aromatic nitrogens is 2. The van der Waals surface area contributed by atoms with Gasteiger partial charge in [-0.3, -0.25) is 0 Å². The summed E-state index contributed by atoms with van der Waals surface area (Å²) in [6.07, 6.45) is 2.74. The number of nitrogens with two attached hydrogens (primary N) is 1. The van der Waals surface area contributed by atoms with Crippen molar-refractivity contribution in [1.82, 2.24) is 9.55 Å². The fraction of sp³-hybridized carbons (Fsp3) is 0.308. The Hall–Kier alpha value is -1.25. The number of sulfonamides is 1. The summed E-state index contributed by atoms with van der Waals surface area (Å²) in [6, 6.07) is 4.74. The monoisotopic (exact) mass is 375 g/mol. The zero-order chi connectivity index (χ0) is 15.6. The fourth-order valence-corrected chi connectivity index (χ4v) is 2.80. The van der Waals surface area contributed by atoms with Crippen LogP contribution in [0.1, 0.15) is 24.7 Å². The molecule has 0 fully saturated rings. The average Bonchev–Trinajstić information content (AvgIpc) is 2.76. The van der Waals surface area contributed by atoms with Gasteiger partial charge in [0.05, 0.1) is 6.54 Å². The van der Waals surface area contributed by atoms with Gasteiger partial charge in [-0.2, -0.15) is 0 Å². The minimum absolute atomic E-state index is 0.191. The van der Waals surface area contributed by atoms with Crippen molar-refractivity contribution in [3.05, 3.63) is 46.1 Å². The van der Waals surface area contributed by atoms with Crippen LogP contribution in [0.5, 0.6) is 0 Å². The first-order valence-corrected chi connectivity index (χ1v) is 8.68. The number of nitrogens with zero attached hydrogens (tertiary/aromatic N) is 2. The summed E-state index contributed by atoms with van der Waals surface area (Å²) in [7, 11) is -3.87. The maximum Gasteiger partial charge on any atom is 0.257 e. The molecular weight excluding hydrogens is 361 g/mol. The molecule has 1 aromatic heterocycles. The Kier molecular flexibility index (Phi) is 4.80. The molecule has 0 radical (unpaired) electrons. The molecule has 114 valence electrons. The largest absolute Gasteiger partial charge is 0.329 e. The van der Waals surface area contributed by atoms with Gasteiger partial charge in [-0.05, 0) is 18.6 Å². The van der Waals surface area contributed by atoms with Gasteiger partial charge in [0, 0.05) is 22.7 Å². The van der Waals surface area contributed by atoms with Crippen LogP contribution >= 0.6 is 15.9 Å². The molecule has 5 nitrogen and oxygen atoms in total. The number of hydrogen-bond donors (Lipinski definition) is 1. The second kappa shape index (κ2) is 6.25.